The van der Waals surface area contributed by atoms with Crippen molar-refractivity contribution in [1.82, 2.24) is 10.6 Å². The van der Waals surface area contributed by atoms with Crippen LogP contribution in [0.3, 0.4) is 0 Å². The lowest BCUT2D eigenvalue weighted by Gasteiger charge is -2.23. The van der Waals surface area contributed by atoms with E-state index >= 15 is 0 Å². The number of alkyl carbamates (subject to hydrolysis) is 2. The van der Waals surface area contributed by atoms with Gasteiger partial charge < -0.3 is 20.1 Å². The predicted octanol–water partition coefficient (Wildman–Crippen LogP) is 2.61. The zero-order chi connectivity index (χ0) is 15.9. The van der Waals surface area contributed by atoms with Gasteiger partial charge in [-0.25, -0.2) is 9.59 Å². The first kappa shape index (κ1) is 16.8. The summed E-state index contributed by atoms with van der Waals surface area (Å²) in [6.45, 7) is 5.37. The van der Waals surface area contributed by atoms with Crippen molar-refractivity contribution in [2.24, 2.45) is 0 Å². The molecule has 0 spiro atoms. The molecule has 0 saturated heterocycles. The van der Waals surface area contributed by atoms with Crippen LogP contribution >= 0.6 is 0 Å². The summed E-state index contributed by atoms with van der Waals surface area (Å²) in [5.41, 5.74) is 0.236. The highest BCUT2D eigenvalue weighted by Crippen LogP contribution is 2.15. The number of hydrogen-bond donors (Lipinski definition) is 2. The van der Waals surface area contributed by atoms with E-state index in [0.29, 0.717) is 0 Å². The van der Waals surface area contributed by atoms with Gasteiger partial charge in [-0.15, -0.1) is 0 Å². The predicted molar refractivity (Wildman–Crippen MR) is 79.0 cm³/mol. The monoisotopic (exact) mass is 294 g/mol. The molecule has 0 aliphatic carbocycles. The average molecular weight is 294 g/mol. The number of carbonyl (C=O) groups excluding carboxylic acids is 2. The molecule has 116 valence electrons. The van der Waals surface area contributed by atoms with Crippen LogP contribution in [0.15, 0.2) is 30.3 Å². The van der Waals surface area contributed by atoms with Gasteiger partial charge >= 0.3 is 12.2 Å². The third-order valence-electron chi connectivity index (χ3n) is 2.48. The number of benzene rings is 1. The first-order valence-electron chi connectivity index (χ1n) is 6.71. The summed E-state index contributed by atoms with van der Waals surface area (Å²) in [5.74, 6) is 0. The molecule has 0 aliphatic rings. The highest BCUT2D eigenvalue weighted by atomic mass is 16.6. The number of amides is 2. The molecule has 0 heterocycles. The Morgan fingerprint density at radius 3 is 2.29 bits per heavy atom. The zero-order valence-corrected chi connectivity index (χ0v) is 12.8. The summed E-state index contributed by atoms with van der Waals surface area (Å²) in [5, 5.41) is 5.06. The summed E-state index contributed by atoms with van der Waals surface area (Å²) in [6.07, 6.45) is -1.11. The van der Waals surface area contributed by atoms with Crippen LogP contribution in [-0.4, -0.2) is 31.4 Å². The second-order valence-electron chi connectivity index (χ2n) is 5.46. The second-order valence-corrected chi connectivity index (χ2v) is 5.46. The van der Waals surface area contributed by atoms with Crippen molar-refractivity contribution in [3.8, 4) is 0 Å². The molecule has 1 atom stereocenters. The minimum Gasteiger partial charge on any atom is -0.447 e. The Bertz CT molecular complexity index is 468. The second kappa shape index (κ2) is 7.52. The molecule has 0 saturated carbocycles. The smallest absolute Gasteiger partial charge is 0.408 e. The largest absolute Gasteiger partial charge is 0.447 e. The van der Waals surface area contributed by atoms with Gasteiger partial charge in [0.15, 0.2) is 0 Å². The van der Waals surface area contributed by atoms with E-state index in [1.54, 1.807) is 20.8 Å². The number of ether oxygens (including phenoxy) is 2. The highest BCUT2D eigenvalue weighted by molar-refractivity contribution is 5.69. The molecule has 21 heavy (non-hydrogen) atoms. The lowest BCUT2D eigenvalue weighted by Crippen LogP contribution is -2.37. The number of hydrogen-bond acceptors (Lipinski definition) is 4. The Kier molecular flexibility index (Phi) is 6.02. The standard InChI is InChI=1S/C15H22N2O4/c1-15(2,3)21-14(19)17-12(10-20-13(18)16-4)11-8-6-5-7-9-11/h5-9,12H,10H2,1-4H3,(H,16,18)(H,17,19)/t12-/m1/s1. The Morgan fingerprint density at radius 2 is 1.76 bits per heavy atom. The number of carbonyl (C=O) groups is 2. The third kappa shape index (κ3) is 6.65. The summed E-state index contributed by atoms with van der Waals surface area (Å²) in [6, 6.07) is 8.77. The third-order valence-corrected chi connectivity index (χ3v) is 2.48. The first-order valence-corrected chi connectivity index (χ1v) is 6.71. The van der Waals surface area contributed by atoms with Crippen LogP contribution in [0.1, 0.15) is 32.4 Å². The summed E-state index contributed by atoms with van der Waals surface area (Å²) < 4.78 is 10.2. The molecule has 2 amide bonds. The van der Waals surface area contributed by atoms with Crippen molar-refractivity contribution in [2.45, 2.75) is 32.4 Å². The zero-order valence-electron chi connectivity index (χ0n) is 12.8. The normalized spacial score (nSPS) is 12.2. The lowest BCUT2D eigenvalue weighted by atomic mass is 10.1. The van der Waals surface area contributed by atoms with E-state index in [-0.39, 0.29) is 6.61 Å². The maximum atomic E-state index is 11.9. The van der Waals surface area contributed by atoms with Crippen molar-refractivity contribution in [2.75, 3.05) is 13.7 Å². The van der Waals surface area contributed by atoms with Crippen molar-refractivity contribution >= 4 is 12.2 Å². The molecule has 0 aromatic heterocycles. The van der Waals surface area contributed by atoms with E-state index in [4.69, 9.17) is 9.47 Å². The van der Waals surface area contributed by atoms with E-state index in [1.807, 2.05) is 30.3 Å². The molecule has 0 unspecified atom stereocenters. The lowest BCUT2D eigenvalue weighted by molar-refractivity contribution is 0.0471. The van der Waals surface area contributed by atoms with E-state index < -0.39 is 23.8 Å². The molecule has 6 nitrogen and oxygen atoms in total. The minimum absolute atomic E-state index is 0.0168. The molecule has 2 N–H and O–H groups in total. The first-order chi connectivity index (χ1) is 9.81. The summed E-state index contributed by atoms with van der Waals surface area (Å²) >= 11 is 0. The average Bonchev–Trinajstić information content (AvgIpc) is 2.42. The Hall–Kier alpha value is -2.24. The number of nitrogens with one attached hydrogen (secondary N) is 2. The molecule has 0 fully saturated rings. The van der Waals surface area contributed by atoms with Gasteiger partial charge in [0.25, 0.3) is 0 Å². The van der Waals surface area contributed by atoms with Gasteiger partial charge in [-0.1, -0.05) is 30.3 Å². The summed E-state index contributed by atoms with van der Waals surface area (Å²) in [7, 11) is 1.47. The molecular weight excluding hydrogens is 272 g/mol. The fourth-order valence-electron chi connectivity index (χ4n) is 1.59. The van der Waals surface area contributed by atoms with Crippen LogP contribution in [-0.2, 0) is 9.47 Å². The van der Waals surface area contributed by atoms with Crippen LogP contribution in [0.2, 0.25) is 0 Å². The summed E-state index contributed by atoms with van der Waals surface area (Å²) in [4.78, 5) is 23.1. The van der Waals surface area contributed by atoms with Gasteiger partial charge in [-0.05, 0) is 26.3 Å². The van der Waals surface area contributed by atoms with E-state index in [1.165, 1.54) is 7.05 Å². The molecule has 1 aromatic rings. The molecule has 0 aliphatic heterocycles. The Morgan fingerprint density at radius 1 is 1.14 bits per heavy atom. The molecular formula is C15H22N2O4. The topological polar surface area (TPSA) is 76.7 Å². The SMILES string of the molecule is CNC(=O)OC[C@@H](NC(=O)OC(C)(C)C)c1ccccc1. The van der Waals surface area contributed by atoms with Crippen LogP contribution in [0.4, 0.5) is 9.59 Å². The van der Waals surface area contributed by atoms with Crippen molar-refractivity contribution in [1.29, 1.82) is 0 Å². The molecule has 1 aromatic carbocycles. The van der Waals surface area contributed by atoms with Gasteiger partial charge in [-0.2, -0.15) is 0 Å². The van der Waals surface area contributed by atoms with Crippen molar-refractivity contribution in [3.05, 3.63) is 35.9 Å². The van der Waals surface area contributed by atoms with Crippen molar-refractivity contribution < 1.29 is 19.1 Å². The molecule has 6 heteroatoms. The van der Waals surface area contributed by atoms with E-state index in [2.05, 4.69) is 10.6 Å². The van der Waals surface area contributed by atoms with Gasteiger partial charge in [0.05, 0.1) is 6.04 Å². The van der Waals surface area contributed by atoms with Crippen LogP contribution in [0.25, 0.3) is 0 Å². The van der Waals surface area contributed by atoms with Crippen LogP contribution in [0, 0.1) is 0 Å². The maximum Gasteiger partial charge on any atom is 0.408 e. The molecule has 0 bridgehead atoms. The van der Waals surface area contributed by atoms with E-state index in [9.17, 15) is 9.59 Å². The van der Waals surface area contributed by atoms with Gasteiger partial charge in [0, 0.05) is 7.05 Å². The van der Waals surface area contributed by atoms with Gasteiger partial charge in [0.1, 0.15) is 12.2 Å². The molecule has 0 radical (unpaired) electrons. The minimum atomic E-state index is -0.590. The van der Waals surface area contributed by atoms with Crippen LogP contribution in [0.5, 0.6) is 0 Å². The number of rotatable bonds is 4. The Balaban J connectivity index is 2.73. The maximum absolute atomic E-state index is 11.9. The van der Waals surface area contributed by atoms with E-state index in [0.717, 1.165) is 5.56 Å². The van der Waals surface area contributed by atoms with Crippen molar-refractivity contribution in [3.63, 3.8) is 0 Å². The van der Waals surface area contributed by atoms with Crippen LogP contribution < -0.4 is 10.6 Å². The van der Waals surface area contributed by atoms with Gasteiger partial charge in [0.2, 0.25) is 0 Å². The van der Waals surface area contributed by atoms with Gasteiger partial charge in [-0.3, -0.25) is 0 Å². The molecule has 1 rings (SSSR count). The fraction of sp³-hybridized carbons (Fsp3) is 0.467. The quantitative estimate of drug-likeness (QED) is 0.895. The highest BCUT2D eigenvalue weighted by Gasteiger charge is 2.21. The Labute approximate surface area is 124 Å². The fourth-order valence-corrected chi connectivity index (χ4v) is 1.59.